The average molecular weight is 431 g/mol. The van der Waals surface area contributed by atoms with Crippen molar-refractivity contribution in [1.82, 2.24) is 5.32 Å². The maximum Gasteiger partial charge on any atom is 0.338 e. The summed E-state index contributed by atoms with van der Waals surface area (Å²) in [5.41, 5.74) is 2.11. The molecule has 0 fully saturated rings. The first-order chi connectivity index (χ1) is 15.5. The first-order valence-corrected chi connectivity index (χ1v) is 10.1. The normalized spacial score (nSPS) is 12.7. The van der Waals surface area contributed by atoms with E-state index in [1.807, 2.05) is 12.1 Å². The topological polar surface area (TPSA) is 90.9 Å². The van der Waals surface area contributed by atoms with Crippen molar-refractivity contribution in [1.29, 1.82) is 0 Å². The summed E-state index contributed by atoms with van der Waals surface area (Å²) in [4.78, 5) is 37.2. The van der Waals surface area contributed by atoms with Gasteiger partial charge >= 0.3 is 5.97 Å². The number of ketones is 1. The van der Waals surface area contributed by atoms with Crippen LogP contribution in [-0.4, -0.2) is 30.6 Å². The summed E-state index contributed by atoms with van der Waals surface area (Å²) >= 11 is 0. The lowest BCUT2D eigenvalue weighted by Crippen LogP contribution is -2.35. The van der Waals surface area contributed by atoms with E-state index in [4.69, 9.17) is 14.2 Å². The van der Waals surface area contributed by atoms with Crippen LogP contribution in [0.25, 0.3) is 0 Å². The smallest absolute Gasteiger partial charge is 0.338 e. The summed E-state index contributed by atoms with van der Waals surface area (Å²) in [7, 11) is 0. The number of fused-ring (bicyclic) bond motifs is 1. The minimum absolute atomic E-state index is 0.137. The van der Waals surface area contributed by atoms with Crippen LogP contribution in [0.4, 0.5) is 0 Å². The summed E-state index contributed by atoms with van der Waals surface area (Å²) < 4.78 is 15.8. The summed E-state index contributed by atoms with van der Waals surface area (Å²) in [6.07, 6.45) is -0.984. The number of nitrogens with one attached hydrogen (secondary N) is 1. The first-order valence-electron chi connectivity index (χ1n) is 10.1. The summed E-state index contributed by atoms with van der Waals surface area (Å²) in [5, 5.41) is 2.73. The van der Waals surface area contributed by atoms with Crippen molar-refractivity contribution in [3.8, 4) is 11.5 Å². The molecular formula is C25H21NO6. The number of carbonyl (C=O) groups is 3. The fourth-order valence-corrected chi connectivity index (χ4v) is 3.18. The molecule has 32 heavy (non-hydrogen) atoms. The molecule has 0 radical (unpaired) electrons. The molecule has 1 aliphatic heterocycles. The Kier molecular flexibility index (Phi) is 6.17. The fourth-order valence-electron chi connectivity index (χ4n) is 3.18. The van der Waals surface area contributed by atoms with Crippen molar-refractivity contribution < 1.29 is 28.6 Å². The molecule has 0 spiro atoms. The molecule has 1 aliphatic rings. The maximum absolute atomic E-state index is 12.5. The van der Waals surface area contributed by atoms with E-state index in [9.17, 15) is 14.4 Å². The van der Waals surface area contributed by atoms with Gasteiger partial charge in [-0.2, -0.15) is 0 Å². The Bertz CT molecular complexity index is 1140. The SMILES string of the molecule is CC(OC(=O)c1ccc(C(=O)c2ccccc2)cc1)C(=O)NCc1ccc2c(c1)OCO2. The van der Waals surface area contributed by atoms with Crippen molar-refractivity contribution in [2.75, 3.05) is 6.79 Å². The van der Waals surface area contributed by atoms with E-state index < -0.39 is 18.0 Å². The van der Waals surface area contributed by atoms with Crippen molar-refractivity contribution in [2.45, 2.75) is 19.6 Å². The molecule has 1 amide bonds. The van der Waals surface area contributed by atoms with Crippen LogP contribution in [0.15, 0.2) is 72.8 Å². The van der Waals surface area contributed by atoms with E-state index in [2.05, 4.69) is 5.32 Å². The molecule has 0 bridgehead atoms. The van der Waals surface area contributed by atoms with Gasteiger partial charge in [-0.25, -0.2) is 4.79 Å². The quantitative estimate of drug-likeness (QED) is 0.455. The van der Waals surface area contributed by atoms with Crippen LogP contribution in [-0.2, 0) is 16.1 Å². The predicted octanol–water partition coefficient (Wildman–Crippen LogP) is 3.51. The molecule has 0 saturated heterocycles. The monoisotopic (exact) mass is 431 g/mol. The Hall–Kier alpha value is -4.13. The summed E-state index contributed by atoms with van der Waals surface area (Å²) in [6, 6.07) is 20.4. The van der Waals surface area contributed by atoms with Crippen molar-refractivity contribution in [3.05, 3.63) is 95.1 Å². The highest BCUT2D eigenvalue weighted by molar-refractivity contribution is 6.09. The highest BCUT2D eigenvalue weighted by Crippen LogP contribution is 2.32. The second kappa shape index (κ2) is 9.34. The Morgan fingerprint density at radius 3 is 2.28 bits per heavy atom. The molecule has 1 heterocycles. The molecule has 1 unspecified atom stereocenters. The number of esters is 1. The van der Waals surface area contributed by atoms with Crippen molar-refractivity contribution in [3.63, 3.8) is 0 Å². The third kappa shape index (κ3) is 4.78. The number of benzene rings is 3. The lowest BCUT2D eigenvalue weighted by Gasteiger charge is -2.14. The van der Waals surface area contributed by atoms with Gasteiger partial charge < -0.3 is 19.5 Å². The number of carbonyl (C=O) groups excluding carboxylic acids is 3. The fraction of sp³-hybridized carbons (Fsp3) is 0.160. The summed E-state index contributed by atoms with van der Waals surface area (Å²) in [5.74, 6) is 0.0902. The van der Waals surface area contributed by atoms with Gasteiger partial charge in [-0.15, -0.1) is 0 Å². The molecule has 1 atom stereocenters. The van der Waals surface area contributed by atoms with Gasteiger partial charge in [0.15, 0.2) is 23.4 Å². The molecule has 7 heteroatoms. The number of ether oxygens (including phenoxy) is 3. The lowest BCUT2D eigenvalue weighted by atomic mass is 10.0. The Morgan fingerprint density at radius 2 is 1.53 bits per heavy atom. The number of hydrogen-bond donors (Lipinski definition) is 1. The second-order valence-electron chi connectivity index (χ2n) is 7.23. The van der Waals surface area contributed by atoms with E-state index >= 15 is 0 Å². The highest BCUT2D eigenvalue weighted by atomic mass is 16.7. The van der Waals surface area contributed by atoms with Gasteiger partial charge in [0, 0.05) is 17.7 Å². The molecule has 7 nitrogen and oxygen atoms in total. The Balaban J connectivity index is 1.30. The molecule has 4 rings (SSSR count). The van der Waals surface area contributed by atoms with Gasteiger partial charge in [0.1, 0.15) is 0 Å². The third-order valence-electron chi connectivity index (χ3n) is 4.98. The molecule has 3 aromatic rings. The van der Waals surface area contributed by atoms with E-state index in [1.54, 1.807) is 48.5 Å². The van der Waals surface area contributed by atoms with Gasteiger partial charge in [-0.05, 0) is 36.8 Å². The van der Waals surface area contributed by atoms with Crippen LogP contribution in [0, 0.1) is 0 Å². The minimum Gasteiger partial charge on any atom is -0.454 e. The van der Waals surface area contributed by atoms with Crippen LogP contribution in [0.3, 0.4) is 0 Å². The van der Waals surface area contributed by atoms with Crippen molar-refractivity contribution >= 4 is 17.7 Å². The van der Waals surface area contributed by atoms with Crippen molar-refractivity contribution in [2.24, 2.45) is 0 Å². The minimum atomic E-state index is -0.984. The number of amides is 1. The van der Waals surface area contributed by atoms with Gasteiger partial charge in [-0.1, -0.05) is 48.5 Å². The van der Waals surface area contributed by atoms with Crippen LogP contribution in [0.2, 0.25) is 0 Å². The zero-order valence-corrected chi connectivity index (χ0v) is 17.4. The molecular weight excluding hydrogens is 410 g/mol. The average Bonchev–Trinajstić information content (AvgIpc) is 3.30. The van der Waals surface area contributed by atoms with Gasteiger partial charge in [0.05, 0.1) is 5.56 Å². The van der Waals surface area contributed by atoms with Crippen LogP contribution < -0.4 is 14.8 Å². The Labute approximate surface area is 184 Å². The zero-order valence-electron chi connectivity index (χ0n) is 17.4. The van der Waals surface area contributed by atoms with Crippen LogP contribution in [0.5, 0.6) is 11.5 Å². The predicted molar refractivity (Wildman–Crippen MR) is 116 cm³/mol. The molecule has 1 N–H and O–H groups in total. The molecule has 3 aromatic carbocycles. The van der Waals surface area contributed by atoms with Crippen LogP contribution >= 0.6 is 0 Å². The third-order valence-corrected chi connectivity index (χ3v) is 4.98. The van der Waals surface area contributed by atoms with E-state index in [0.717, 1.165) is 5.56 Å². The first kappa shape index (κ1) is 21.1. The zero-order chi connectivity index (χ0) is 22.5. The standard InChI is InChI=1S/C25H21NO6/c1-16(24(28)26-14-17-7-12-21-22(13-17)31-15-30-21)32-25(29)20-10-8-19(9-11-20)23(27)18-5-3-2-4-6-18/h2-13,16H,14-15H2,1H3,(H,26,28). The lowest BCUT2D eigenvalue weighted by molar-refractivity contribution is -0.129. The van der Waals surface area contributed by atoms with Gasteiger partial charge in [-0.3, -0.25) is 9.59 Å². The van der Waals surface area contributed by atoms with E-state index in [1.165, 1.54) is 19.1 Å². The highest BCUT2D eigenvalue weighted by Gasteiger charge is 2.20. The molecule has 0 aliphatic carbocycles. The summed E-state index contributed by atoms with van der Waals surface area (Å²) in [6.45, 7) is 1.94. The number of rotatable bonds is 7. The van der Waals surface area contributed by atoms with Gasteiger partial charge in [0.2, 0.25) is 6.79 Å². The number of hydrogen-bond acceptors (Lipinski definition) is 6. The molecule has 0 aromatic heterocycles. The van der Waals surface area contributed by atoms with E-state index in [0.29, 0.717) is 22.6 Å². The van der Waals surface area contributed by atoms with E-state index in [-0.39, 0.29) is 24.7 Å². The maximum atomic E-state index is 12.5. The molecule has 162 valence electrons. The van der Waals surface area contributed by atoms with Gasteiger partial charge in [0.25, 0.3) is 5.91 Å². The second-order valence-corrected chi connectivity index (χ2v) is 7.23. The Morgan fingerprint density at radius 1 is 0.875 bits per heavy atom. The largest absolute Gasteiger partial charge is 0.454 e. The van der Waals surface area contributed by atoms with Crippen LogP contribution in [0.1, 0.15) is 38.8 Å². The molecule has 0 saturated carbocycles.